The first-order valence-corrected chi connectivity index (χ1v) is 10.0. The molecule has 0 aromatic heterocycles. The Balaban J connectivity index is 1.90. The van der Waals surface area contributed by atoms with E-state index in [1.54, 1.807) is 52.1 Å². The Kier molecular flexibility index (Phi) is 6.51. The number of hydrogen-bond acceptors (Lipinski definition) is 4. The maximum Gasteiger partial charge on any atom is 0.327 e. The number of urea groups is 1. The van der Waals surface area contributed by atoms with Crippen LogP contribution < -0.4 is 9.47 Å². The standard InChI is InChI=1S/C22H24ClFN2O4/c1-5-25-21(27)14(3)26(22(25)28)13(2)18-10-15(24)11-20(23)19(18)12-30-17-8-6-16(29-4)7-9-17/h6-11,13-14H,5,12H2,1-4H3. The van der Waals surface area contributed by atoms with Crippen LogP contribution in [0.5, 0.6) is 11.5 Å². The number of imide groups is 1. The predicted molar refractivity (Wildman–Crippen MR) is 111 cm³/mol. The van der Waals surface area contributed by atoms with E-state index < -0.39 is 23.9 Å². The highest BCUT2D eigenvalue weighted by Gasteiger charge is 2.44. The summed E-state index contributed by atoms with van der Waals surface area (Å²) in [6.45, 7) is 5.52. The summed E-state index contributed by atoms with van der Waals surface area (Å²) in [6, 6.07) is 7.96. The van der Waals surface area contributed by atoms with Gasteiger partial charge in [-0.05, 0) is 62.7 Å². The van der Waals surface area contributed by atoms with Gasteiger partial charge in [-0.2, -0.15) is 0 Å². The first kappa shape index (κ1) is 21.9. The summed E-state index contributed by atoms with van der Waals surface area (Å²) in [6.07, 6.45) is 0. The van der Waals surface area contributed by atoms with Crippen molar-refractivity contribution in [3.05, 3.63) is 58.4 Å². The van der Waals surface area contributed by atoms with Gasteiger partial charge in [0.1, 0.15) is 30.0 Å². The number of halogens is 2. The fraction of sp³-hybridized carbons (Fsp3) is 0.364. The van der Waals surface area contributed by atoms with E-state index in [0.717, 1.165) is 0 Å². The summed E-state index contributed by atoms with van der Waals surface area (Å²) in [5.41, 5.74) is 1.06. The lowest BCUT2D eigenvalue weighted by atomic mass is 9.99. The molecule has 0 bridgehead atoms. The van der Waals surface area contributed by atoms with Gasteiger partial charge in [-0.1, -0.05) is 11.6 Å². The van der Waals surface area contributed by atoms with Gasteiger partial charge in [-0.3, -0.25) is 9.69 Å². The number of likely N-dealkylation sites (N-methyl/N-ethyl adjacent to an activating group) is 1. The van der Waals surface area contributed by atoms with Crippen molar-refractivity contribution in [2.75, 3.05) is 13.7 Å². The first-order chi connectivity index (χ1) is 14.3. The van der Waals surface area contributed by atoms with Gasteiger partial charge >= 0.3 is 6.03 Å². The number of rotatable bonds is 7. The second kappa shape index (κ2) is 8.92. The number of carbonyl (C=O) groups is 2. The van der Waals surface area contributed by atoms with Gasteiger partial charge in [0.15, 0.2) is 0 Å². The minimum Gasteiger partial charge on any atom is -0.497 e. The fourth-order valence-electron chi connectivity index (χ4n) is 3.66. The predicted octanol–water partition coefficient (Wildman–Crippen LogP) is 4.80. The molecule has 1 saturated heterocycles. The molecule has 1 aliphatic rings. The molecule has 8 heteroatoms. The van der Waals surface area contributed by atoms with E-state index in [2.05, 4.69) is 0 Å². The molecular weight excluding hydrogens is 411 g/mol. The van der Waals surface area contributed by atoms with Crippen molar-refractivity contribution in [2.45, 2.75) is 39.5 Å². The molecule has 2 atom stereocenters. The Hall–Kier alpha value is -2.80. The van der Waals surface area contributed by atoms with Gasteiger partial charge in [-0.15, -0.1) is 0 Å². The normalized spacial score (nSPS) is 17.5. The molecular formula is C22H24ClFN2O4. The molecule has 0 aliphatic carbocycles. The summed E-state index contributed by atoms with van der Waals surface area (Å²) >= 11 is 6.34. The molecule has 2 unspecified atom stereocenters. The Morgan fingerprint density at radius 2 is 1.80 bits per heavy atom. The van der Waals surface area contributed by atoms with Crippen molar-refractivity contribution in [1.82, 2.24) is 9.80 Å². The van der Waals surface area contributed by atoms with E-state index in [9.17, 15) is 14.0 Å². The summed E-state index contributed by atoms with van der Waals surface area (Å²) in [5, 5.41) is 0.198. The molecule has 1 fully saturated rings. The zero-order valence-corrected chi connectivity index (χ0v) is 18.1. The molecule has 0 saturated carbocycles. The van der Waals surface area contributed by atoms with E-state index >= 15 is 0 Å². The number of hydrogen-bond donors (Lipinski definition) is 0. The van der Waals surface area contributed by atoms with E-state index in [1.807, 2.05) is 0 Å². The molecule has 0 spiro atoms. The molecule has 3 rings (SSSR count). The summed E-state index contributed by atoms with van der Waals surface area (Å²) in [7, 11) is 1.58. The molecule has 2 aromatic rings. The molecule has 160 valence electrons. The van der Waals surface area contributed by atoms with Gasteiger partial charge in [0.2, 0.25) is 0 Å². The number of carbonyl (C=O) groups excluding carboxylic acids is 2. The van der Waals surface area contributed by atoms with Gasteiger partial charge in [-0.25, -0.2) is 9.18 Å². The van der Waals surface area contributed by atoms with Gasteiger partial charge in [0.05, 0.1) is 18.2 Å². The van der Waals surface area contributed by atoms with Crippen molar-refractivity contribution < 1.29 is 23.5 Å². The van der Waals surface area contributed by atoms with Gasteiger partial charge in [0, 0.05) is 12.1 Å². The topological polar surface area (TPSA) is 59.1 Å². The van der Waals surface area contributed by atoms with Crippen LogP contribution in [-0.2, 0) is 11.4 Å². The minimum atomic E-state index is -0.648. The number of benzene rings is 2. The monoisotopic (exact) mass is 434 g/mol. The van der Waals surface area contributed by atoms with Crippen LogP contribution in [0.3, 0.4) is 0 Å². The second-order valence-corrected chi connectivity index (χ2v) is 7.45. The highest BCUT2D eigenvalue weighted by Crippen LogP contribution is 2.35. The zero-order chi connectivity index (χ0) is 22.0. The van der Waals surface area contributed by atoms with E-state index in [0.29, 0.717) is 22.6 Å². The first-order valence-electron chi connectivity index (χ1n) is 9.66. The Morgan fingerprint density at radius 1 is 1.17 bits per heavy atom. The molecule has 1 aliphatic heterocycles. The van der Waals surface area contributed by atoms with Crippen LogP contribution >= 0.6 is 11.6 Å². The molecule has 1 heterocycles. The van der Waals surface area contributed by atoms with E-state index in [1.165, 1.54) is 21.9 Å². The Bertz CT molecular complexity index is 951. The molecule has 30 heavy (non-hydrogen) atoms. The lowest BCUT2D eigenvalue weighted by molar-refractivity contribution is -0.127. The maximum atomic E-state index is 14.2. The fourth-order valence-corrected chi connectivity index (χ4v) is 3.93. The highest BCUT2D eigenvalue weighted by atomic mass is 35.5. The number of nitrogens with zero attached hydrogens (tertiary/aromatic N) is 2. The summed E-state index contributed by atoms with van der Waals surface area (Å²) < 4.78 is 25.2. The lowest BCUT2D eigenvalue weighted by Gasteiger charge is -2.29. The van der Waals surface area contributed by atoms with Crippen LogP contribution in [-0.4, -0.2) is 41.4 Å². The molecule has 3 amide bonds. The quantitative estimate of drug-likeness (QED) is 0.587. The van der Waals surface area contributed by atoms with Crippen molar-refractivity contribution >= 4 is 23.5 Å². The molecule has 6 nitrogen and oxygen atoms in total. The van der Waals surface area contributed by atoms with Crippen molar-refractivity contribution in [3.63, 3.8) is 0 Å². The molecule has 2 aromatic carbocycles. The average Bonchev–Trinajstić information content (AvgIpc) is 2.94. The van der Waals surface area contributed by atoms with Crippen LogP contribution in [0.4, 0.5) is 9.18 Å². The number of amides is 3. The summed E-state index contributed by atoms with van der Waals surface area (Å²) in [4.78, 5) is 27.8. The van der Waals surface area contributed by atoms with E-state index in [-0.39, 0.29) is 24.1 Å². The number of methoxy groups -OCH3 is 1. The van der Waals surface area contributed by atoms with Crippen molar-refractivity contribution in [1.29, 1.82) is 0 Å². The van der Waals surface area contributed by atoms with Crippen LogP contribution in [0.15, 0.2) is 36.4 Å². The highest BCUT2D eigenvalue weighted by molar-refractivity contribution is 6.31. The van der Waals surface area contributed by atoms with Crippen LogP contribution in [0.1, 0.15) is 37.9 Å². The third kappa shape index (κ3) is 4.07. The van der Waals surface area contributed by atoms with Gasteiger partial charge in [0.25, 0.3) is 5.91 Å². The Labute approximate surface area is 180 Å². The van der Waals surface area contributed by atoms with Crippen molar-refractivity contribution in [3.8, 4) is 11.5 Å². The van der Waals surface area contributed by atoms with Crippen LogP contribution in [0.2, 0.25) is 5.02 Å². The summed E-state index contributed by atoms with van der Waals surface area (Å²) in [5.74, 6) is 0.497. The lowest BCUT2D eigenvalue weighted by Crippen LogP contribution is -2.36. The second-order valence-electron chi connectivity index (χ2n) is 7.04. The smallest absolute Gasteiger partial charge is 0.327 e. The number of ether oxygens (including phenoxy) is 2. The van der Waals surface area contributed by atoms with Gasteiger partial charge < -0.3 is 14.4 Å². The minimum absolute atomic E-state index is 0.0764. The maximum absolute atomic E-state index is 14.2. The van der Waals surface area contributed by atoms with E-state index in [4.69, 9.17) is 21.1 Å². The SMILES string of the molecule is CCN1C(=O)C(C)N(C(C)c2cc(F)cc(Cl)c2COc2ccc(OC)cc2)C1=O. The molecule has 0 N–H and O–H groups in total. The molecule has 0 radical (unpaired) electrons. The van der Waals surface area contributed by atoms with Crippen molar-refractivity contribution in [2.24, 2.45) is 0 Å². The largest absolute Gasteiger partial charge is 0.497 e. The third-order valence-corrected chi connectivity index (χ3v) is 5.65. The average molecular weight is 435 g/mol. The van der Waals surface area contributed by atoms with Crippen LogP contribution in [0.25, 0.3) is 0 Å². The zero-order valence-electron chi connectivity index (χ0n) is 17.3. The Morgan fingerprint density at radius 3 is 2.37 bits per heavy atom. The third-order valence-electron chi connectivity index (χ3n) is 5.31. The van der Waals surface area contributed by atoms with Crippen LogP contribution in [0, 0.1) is 5.82 Å².